The van der Waals surface area contributed by atoms with Crippen LogP contribution in [0.15, 0.2) is 67.1 Å². The van der Waals surface area contributed by atoms with E-state index < -0.39 is 0 Å². The molecular weight excluding hydrogens is 426 g/mol. The van der Waals surface area contributed by atoms with Crippen molar-refractivity contribution < 1.29 is 4.79 Å². The Morgan fingerprint density at radius 2 is 1.71 bits per heavy atom. The Hall–Kier alpha value is -3.78. The predicted octanol–water partition coefficient (Wildman–Crippen LogP) is 2.81. The van der Waals surface area contributed by atoms with Gasteiger partial charge in [-0.2, -0.15) is 5.10 Å². The van der Waals surface area contributed by atoms with E-state index in [-0.39, 0.29) is 5.91 Å². The van der Waals surface area contributed by atoms with Gasteiger partial charge in [0.1, 0.15) is 12.1 Å². The molecular formula is C26H29N7O. The lowest BCUT2D eigenvalue weighted by Crippen LogP contribution is -2.51. The zero-order chi connectivity index (χ0) is 23.5. The highest BCUT2D eigenvalue weighted by Crippen LogP contribution is 2.25. The number of fused-ring (bicyclic) bond motifs is 1. The molecule has 2 aromatic carbocycles. The average Bonchev–Trinajstić information content (AvgIpc) is 3.26. The number of aryl methyl sites for hydroxylation is 1. The van der Waals surface area contributed by atoms with Crippen LogP contribution in [0.5, 0.6) is 0 Å². The molecule has 1 aliphatic heterocycles. The maximum absolute atomic E-state index is 13.0. The molecule has 1 fully saturated rings. The third-order valence-corrected chi connectivity index (χ3v) is 6.39. The van der Waals surface area contributed by atoms with Crippen molar-refractivity contribution in [3.05, 3.63) is 72.7 Å². The maximum Gasteiger partial charge on any atom is 0.236 e. The first-order chi connectivity index (χ1) is 16.6. The molecule has 2 aromatic heterocycles. The molecule has 1 aliphatic rings. The molecule has 0 spiro atoms. The first-order valence-electron chi connectivity index (χ1n) is 11.6. The molecule has 8 heteroatoms. The highest BCUT2D eigenvalue weighted by molar-refractivity contribution is 5.87. The highest BCUT2D eigenvalue weighted by atomic mass is 16.2. The van der Waals surface area contributed by atoms with Crippen molar-refractivity contribution in [2.24, 2.45) is 7.05 Å². The monoisotopic (exact) mass is 455 g/mol. The molecule has 0 aliphatic carbocycles. The summed E-state index contributed by atoms with van der Waals surface area (Å²) in [5, 5.41) is 5.25. The minimum atomic E-state index is 0.161. The van der Waals surface area contributed by atoms with Crippen LogP contribution in [0.2, 0.25) is 0 Å². The van der Waals surface area contributed by atoms with E-state index in [1.54, 1.807) is 11.0 Å². The summed E-state index contributed by atoms with van der Waals surface area (Å²) in [7, 11) is 3.89. The SMILES string of the molecule is CN(CC(=O)N1CCN(c2ncnc3c2cnn3C)CC1)Cc1ccccc1-c1ccccc1. The van der Waals surface area contributed by atoms with Crippen molar-refractivity contribution in [2.45, 2.75) is 6.54 Å². The Morgan fingerprint density at radius 1 is 0.971 bits per heavy atom. The summed E-state index contributed by atoms with van der Waals surface area (Å²) in [4.78, 5) is 28.1. The molecule has 8 nitrogen and oxygen atoms in total. The van der Waals surface area contributed by atoms with E-state index in [1.165, 1.54) is 16.7 Å². The lowest BCUT2D eigenvalue weighted by Gasteiger charge is -2.36. The van der Waals surface area contributed by atoms with Gasteiger partial charge in [-0.1, -0.05) is 54.6 Å². The first kappa shape index (κ1) is 22.0. The summed E-state index contributed by atoms with van der Waals surface area (Å²) in [6, 6.07) is 18.8. The van der Waals surface area contributed by atoms with Crippen molar-refractivity contribution >= 4 is 22.8 Å². The van der Waals surface area contributed by atoms with E-state index in [2.05, 4.69) is 73.4 Å². The largest absolute Gasteiger partial charge is 0.352 e. The Balaban J connectivity index is 1.19. The van der Waals surface area contributed by atoms with Crippen molar-refractivity contribution in [3.63, 3.8) is 0 Å². The number of amides is 1. The number of anilines is 1. The number of aromatic nitrogens is 4. The lowest BCUT2D eigenvalue weighted by molar-refractivity contribution is -0.132. The molecule has 0 saturated carbocycles. The van der Waals surface area contributed by atoms with Gasteiger partial charge >= 0.3 is 0 Å². The number of hydrogen-bond donors (Lipinski definition) is 0. The molecule has 1 amide bonds. The van der Waals surface area contributed by atoms with Crippen molar-refractivity contribution in [1.82, 2.24) is 29.5 Å². The van der Waals surface area contributed by atoms with E-state index in [1.807, 2.05) is 31.3 Å². The van der Waals surface area contributed by atoms with Crippen LogP contribution in [0.3, 0.4) is 0 Å². The Morgan fingerprint density at radius 3 is 2.50 bits per heavy atom. The standard InChI is InChI=1S/C26H29N7O/c1-30(17-21-10-6-7-11-22(21)20-8-4-3-5-9-20)18-24(34)32-12-14-33(15-13-32)26-23-16-29-31(2)25(23)27-19-28-26/h3-11,16,19H,12-15,17-18H2,1-2H3. The summed E-state index contributed by atoms with van der Waals surface area (Å²) in [6.07, 6.45) is 3.39. The minimum Gasteiger partial charge on any atom is -0.352 e. The predicted molar refractivity (Wildman–Crippen MR) is 133 cm³/mol. The molecule has 0 radical (unpaired) electrons. The van der Waals surface area contributed by atoms with Gasteiger partial charge < -0.3 is 9.80 Å². The van der Waals surface area contributed by atoms with Gasteiger partial charge in [0.05, 0.1) is 18.1 Å². The second kappa shape index (κ2) is 9.61. The van der Waals surface area contributed by atoms with Crippen LogP contribution < -0.4 is 4.90 Å². The fourth-order valence-electron chi connectivity index (χ4n) is 4.60. The van der Waals surface area contributed by atoms with Crippen molar-refractivity contribution in [1.29, 1.82) is 0 Å². The van der Waals surface area contributed by atoms with E-state index in [0.717, 1.165) is 36.5 Å². The van der Waals surface area contributed by atoms with E-state index in [9.17, 15) is 4.79 Å². The zero-order valence-electron chi connectivity index (χ0n) is 19.6. The van der Waals surface area contributed by atoms with Gasteiger partial charge in [0.15, 0.2) is 5.65 Å². The van der Waals surface area contributed by atoms with Crippen molar-refractivity contribution in [3.8, 4) is 11.1 Å². The zero-order valence-corrected chi connectivity index (χ0v) is 19.6. The topological polar surface area (TPSA) is 70.4 Å². The number of benzene rings is 2. The lowest BCUT2D eigenvalue weighted by atomic mass is 9.99. The van der Waals surface area contributed by atoms with Crippen LogP contribution in [0.4, 0.5) is 5.82 Å². The van der Waals surface area contributed by atoms with Crippen LogP contribution in [-0.4, -0.2) is 75.2 Å². The molecule has 34 heavy (non-hydrogen) atoms. The normalized spacial score (nSPS) is 14.2. The van der Waals surface area contributed by atoms with Gasteiger partial charge in [0, 0.05) is 39.8 Å². The molecule has 0 unspecified atom stereocenters. The summed E-state index contributed by atoms with van der Waals surface area (Å²) in [5.41, 5.74) is 4.45. The number of piperazine rings is 1. The summed E-state index contributed by atoms with van der Waals surface area (Å²) in [6.45, 7) is 3.96. The fourth-order valence-corrected chi connectivity index (χ4v) is 4.60. The maximum atomic E-state index is 13.0. The van der Waals surface area contributed by atoms with Crippen LogP contribution in [-0.2, 0) is 18.4 Å². The van der Waals surface area contributed by atoms with Crippen LogP contribution in [0.25, 0.3) is 22.2 Å². The second-order valence-electron chi connectivity index (χ2n) is 8.77. The van der Waals surface area contributed by atoms with Crippen LogP contribution >= 0.6 is 0 Å². The highest BCUT2D eigenvalue weighted by Gasteiger charge is 2.24. The van der Waals surface area contributed by atoms with Crippen LogP contribution in [0, 0.1) is 0 Å². The van der Waals surface area contributed by atoms with Crippen molar-refractivity contribution in [2.75, 3.05) is 44.7 Å². The Bertz CT molecular complexity index is 1280. The molecule has 1 saturated heterocycles. The fraction of sp³-hybridized carbons (Fsp3) is 0.308. The number of rotatable bonds is 6. The van der Waals surface area contributed by atoms with Gasteiger partial charge in [-0.15, -0.1) is 0 Å². The molecule has 4 aromatic rings. The van der Waals surface area contributed by atoms with Gasteiger partial charge in [-0.05, 0) is 23.7 Å². The summed E-state index contributed by atoms with van der Waals surface area (Å²) < 4.78 is 1.76. The summed E-state index contributed by atoms with van der Waals surface area (Å²) in [5.74, 6) is 1.05. The molecule has 3 heterocycles. The minimum absolute atomic E-state index is 0.161. The molecule has 0 atom stereocenters. The first-order valence-corrected chi connectivity index (χ1v) is 11.6. The average molecular weight is 456 g/mol. The number of carbonyl (C=O) groups excluding carboxylic acids is 1. The molecule has 5 rings (SSSR count). The number of nitrogens with zero attached hydrogens (tertiary/aromatic N) is 7. The number of carbonyl (C=O) groups is 1. The summed E-state index contributed by atoms with van der Waals surface area (Å²) >= 11 is 0. The quantitative estimate of drug-likeness (QED) is 0.445. The third kappa shape index (κ3) is 4.49. The Kier molecular flexibility index (Phi) is 6.22. The molecule has 0 bridgehead atoms. The Labute approximate surface area is 199 Å². The van der Waals surface area contributed by atoms with Gasteiger partial charge in [-0.3, -0.25) is 14.4 Å². The van der Waals surface area contributed by atoms with Gasteiger partial charge in [0.2, 0.25) is 5.91 Å². The van der Waals surface area contributed by atoms with E-state index in [0.29, 0.717) is 19.6 Å². The number of likely N-dealkylation sites (N-methyl/N-ethyl adjacent to an activating group) is 1. The second-order valence-corrected chi connectivity index (χ2v) is 8.77. The number of hydrogen-bond acceptors (Lipinski definition) is 6. The van der Waals surface area contributed by atoms with E-state index >= 15 is 0 Å². The van der Waals surface area contributed by atoms with Gasteiger partial charge in [0.25, 0.3) is 0 Å². The smallest absolute Gasteiger partial charge is 0.236 e. The third-order valence-electron chi connectivity index (χ3n) is 6.39. The van der Waals surface area contributed by atoms with Gasteiger partial charge in [-0.25, -0.2) is 9.97 Å². The van der Waals surface area contributed by atoms with E-state index in [4.69, 9.17) is 0 Å². The van der Waals surface area contributed by atoms with Crippen LogP contribution in [0.1, 0.15) is 5.56 Å². The molecule has 174 valence electrons. The molecule has 0 N–H and O–H groups in total.